The molecule has 4 N–H and O–H groups in total. The smallest absolute Gasteiger partial charge is 0.104 e. The highest BCUT2D eigenvalue weighted by molar-refractivity contribution is 7.80. The van der Waals surface area contributed by atoms with Crippen molar-refractivity contribution in [1.82, 2.24) is 0 Å². The highest BCUT2D eigenvalue weighted by atomic mass is 32.1. The predicted molar refractivity (Wildman–Crippen MR) is 101 cm³/mol. The molecule has 4 heteroatoms. The maximum Gasteiger partial charge on any atom is 0.104 e. The van der Waals surface area contributed by atoms with Crippen molar-refractivity contribution in [3.63, 3.8) is 0 Å². The van der Waals surface area contributed by atoms with Crippen LogP contribution in [0, 0.1) is 0 Å². The third-order valence-electron chi connectivity index (χ3n) is 3.08. The Bertz CT molecular complexity index is 603. The van der Waals surface area contributed by atoms with Crippen molar-refractivity contribution in [2.24, 2.45) is 11.5 Å². The quantitative estimate of drug-likeness (QED) is 0.636. The molecule has 0 unspecified atom stereocenters. The van der Waals surface area contributed by atoms with E-state index in [1.807, 2.05) is 30.3 Å². The molecule has 0 amide bonds. The molecule has 0 aliphatic heterocycles. The minimum absolute atomic E-state index is 0.455. The van der Waals surface area contributed by atoms with E-state index in [4.69, 9.17) is 23.7 Å². The molecule has 2 aromatic rings. The van der Waals surface area contributed by atoms with E-state index in [2.05, 4.69) is 31.3 Å². The summed E-state index contributed by atoms with van der Waals surface area (Å²) in [6, 6.07) is 14.1. The first-order valence-corrected chi connectivity index (χ1v) is 7.93. The van der Waals surface area contributed by atoms with Crippen LogP contribution in [0.1, 0.15) is 38.2 Å². The fourth-order valence-electron chi connectivity index (χ4n) is 1.99. The molecule has 0 saturated heterocycles. The van der Waals surface area contributed by atoms with Gasteiger partial charge in [-0.3, -0.25) is 0 Å². The van der Waals surface area contributed by atoms with Crippen molar-refractivity contribution in [3.05, 3.63) is 48.0 Å². The number of fused-ring (bicyclic) bond motifs is 1. The van der Waals surface area contributed by atoms with Gasteiger partial charge in [-0.05, 0) is 23.6 Å². The molecule has 0 atom stereocenters. The summed E-state index contributed by atoms with van der Waals surface area (Å²) in [5, 5.41) is 2.30. The second-order valence-electron chi connectivity index (χ2n) is 4.81. The highest BCUT2D eigenvalue weighted by Gasteiger charge is 2.00. The van der Waals surface area contributed by atoms with Gasteiger partial charge in [-0.25, -0.2) is 0 Å². The average Bonchev–Trinajstić information content (AvgIpc) is 2.47. The first-order chi connectivity index (χ1) is 10.1. The van der Waals surface area contributed by atoms with Crippen LogP contribution in [0.15, 0.2) is 42.5 Å². The molecule has 0 radical (unpaired) electrons. The number of rotatable bonds is 5. The monoisotopic (exact) mass is 318 g/mol. The lowest BCUT2D eigenvalue weighted by Crippen LogP contribution is -2.09. The molecule has 2 aromatic carbocycles. The molecule has 0 heterocycles. The summed E-state index contributed by atoms with van der Waals surface area (Å²) >= 11 is 9.65. The zero-order valence-corrected chi connectivity index (χ0v) is 14.0. The molecule has 2 nitrogen and oxygen atoms in total. The molecule has 112 valence electrons. The molecule has 2 rings (SSSR count). The van der Waals surface area contributed by atoms with Gasteiger partial charge < -0.3 is 11.5 Å². The van der Waals surface area contributed by atoms with Gasteiger partial charge >= 0.3 is 0 Å². The summed E-state index contributed by atoms with van der Waals surface area (Å²) in [5.74, 6) is 0. The maximum absolute atomic E-state index is 5.61. The van der Waals surface area contributed by atoms with Gasteiger partial charge in [-0.2, -0.15) is 0 Å². The fraction of sp³-hybridized carbons (Fsp3) is 0.294. The minimum Gasteiger partial charge on any atom is -0.393 e. The second-order valence-corrected chi connectivity index (χ2v) is 5.78. The van der Waals surface area contributed by atoms with Gasteiger partial charge in [0.15, 0.2) is 0 Å². The summed E-state index contributed by atoms with van der Waals surface area (Å²) in [6.07, 6.45) is 4.56. The number of benzene rings is 2. The van der Waals surface area contributed by atoms with Gasteiger partial charge in [-0.1, -0.05) is 86.7 Å². The maximum atomic E-state index is 5.61. The van der Waals surface area contributed by atoms with Gasteiger partial charge in [0.1, 0.15) is 4.99 Å². The van der Waals surface area contributed by atoms with Crippen LogP contribution >= 0.6 is 24.4 Å². The lowest BCUT2D eigenvalue weighted by Gasteiger charge is -2.03. The minimum atomic E-state index is 0.455. The highest BCUT2D eigenvalue weighted by Crippen LogP contribution is 2.17. The standard InChI is InChI=1S/C11H9NS.C6H13NS/c12-11(13)10-7-3-5-8-4-1-2-6-9(8)10;1-2-3-4-5-6(7)8/h1-7H,(H2,12,13);2-5H2,1H3,(H2,7,8). The zero-order chi connectivity index (χ0) is 15.7. The van der Waals surface area contributed by atoms with Crippen molar-refractivity contribution < 1.29 is 0 Å². The SMILES string of the molecule is CCCCCC(N)=S.NC(=S)c1cccc2ccccc12. The molecule has 21 heavy (non-hydrogen) atoms. The molecular weight excluding hydrogens is 296 g/mol. The molecule has 0 aliphatic carbocycles. The van der Waals surface area contributed by atoms with E-state index >= 15 is 0 Å². The summed E-state index contributed by atoms with van der Waals surface area (Å²) in [7, 11) is 0. The number of hydrogen-bond donors (Lipinski definition) is 2. The lowest BCUT2D eigenvalue weighted by molar-refractivity contribution is 0.743. The largest absolute Gasteiger partial charge is 0.393 e. The van der Waals surface area contributed by atoms with Crippen molar-refractivity contribution in [1.29, 1.82) is 0 Å². The van der Waals surface area contributed by atoms with E-state index in [0.29, 0.717) is 9.98 Å². The first-order valence-electron chi connectivity index (χ1n) is 7.12. The molecule has 0 spiro atoms. The van der Waals surface area contributed by atoms with E-state index < -0.39 is 0 Å². The van der Waals surface area contributed by atoms with Crippen molar-refractivity contribution in [3.8, 4) is 0 Å². The normalized spacial score (nSPS) is 9.76. The summed E-state index contributed by atoms with van der Waals surface area (Å²) in [6.45, 7) is 2.17. The predicted octanol–water partition coefficient (Wildman–Crippen LogP) is 4.33. The fourth-order valence-corrected chi connectivity index (χ4v) is 2.31. The van der Waals surface area contributed by atoms with Gasteiger partial charge in [-0.15, -0.1) is 0 Å². The summed E-state index contributed by atoms with van der Waals surface area (Å²) < 4.78 is 0. The number of thiocarbonyl (C=S) groups is 2. The van der Waals surface area contributed by atoms with E-state index in [1.165, 1.54) is 18.2 Å². The third-order valence-corrected chi connectivity index (χ3v) is 3.51. The third kappa shape index (κ3) is 6.19. The Labute approximate surface area is 137 Å². The Kier molecular flexibility index (Phi) is 7.87. The Balaban J connectivity index is 0.000000240. The van der Waals surface area contributed by atoms with Crippen LogP contribution in [-0.2, 0) is 0 Å². The second kappa shape index (κ2) is 9.42. The van der Waals surface area contributed by atoms with Crippen molar-refractivity contribution in [2.75, 3.05) is 0 Å². The molecule has 0 aliphatic rings. The van der Waals surface area contributed by atoms with Crippen LogP contribution in [-0.4, -0.2) is 9.98 Å². The van der Waals surface area contributed by atoms with E-state index in [9.17, 15) is 0 Å². The Morgan fingerprint density at radius 1 is 0.952 bits per heavy atom. The van der Waals surface area contributed by atoms with Gasteiger partial charge in [0.05, 0.1) is 4.99 Å². The zero-order valence-electron chi connectivity index (χ0n) is 12.3. The molecule has 0 saturated carbocycles. The van der Waals surface area contributed by atoms with Crippen LogP contribution in [0.2, 0.25) is 0 Å². The topological polar surface area (TPSA) is 52.0 Å². The Morgan fingerprint density at radius 2 is 1.62 bits per heavy atom. The number of hydrogen-bond acceptors (Lipinski definition) is 2. The molecule has 0 aromatic heterocycles. The van der Waals surface area contributed by atoms with Crippen LogP contribution in [0.4, 0.5) is 0 Å². The van der Waals surface area contributed by atoms with Gasteiger partial charge in [0.2, 0.25) is 0 Å². The van der Waals surface area contributed by atoms with E-state index in [1.54, 1.807) is 0 Å². The summed E-state index contributed by atoms with van der Waals surface area (Å²) in [4.78, 5) is 1.11. The van der Waals surface area contributed by atoms with Gasteiger partial charge in [0, 0.05) is 5.56 Å². The van der Waals surface area contributed by atoms with Crippen LogP contribution < -0.4 is 11.5 Å². The first kappa shape index (κ1) is 17.5. The van der Waals surface area contributed by atoms with Crippen molar-refractivity contribution >= 4 is 45.2 Å². The van der Waals surface area contributed by atoms with Crippen LogP contribution in [0.3, 0.4) is 0 Å². The number of unbranched alkanes of at least 4 members (excludes halogenated alkanes) is 2. The lowest BCUT2D eigenvalue weighted by atomic mass is 10.1. The Morgan fingerprint density at radius 3 is 2.24 bits per heavy atom. The molecular formula is C17H22N2S2. The van der Waals surface area contributed by atoms with Gasteiger partial charge in [0.25, 0.3) is 0 Å². The van der Waals surface area contributed by atoms with E-state index in [0.717, 1.165) is 23.8 Å². The van der Waals surface area contributed by atoms with E-state index in [-0.39, 0.29) is 0 Å². The van der Waals surface area contributed by atoms with Crippen LogP contribution in [0.5, 0.6) is 0 Å². The Hall–Kier alpha value is -1.52. The average molecular weight is 319 g/mol. The molecule has 0 fully saturated rings. The van der Waals surface area contributed by atoms with Crippen molar-refractivity contribution in [2.45, 2.75) is 32.6 Å². The molecule has 0 bridgehead atoms. The summed E-state index contributed by atoms with van der Waals surface area (Å²) in [5.41, 5.74) is 11.8. The van der Waals surface area contributed by atoms with Crippen LogP contribution in [0.25, 0.3) is 10.8 Å². The number of nitrogens with two attached hydrogens (primary N) is 2.